The molecule has 26 heavy (non-hydrogen) atoms. The van der Waals surface area contributed by atoms with Crippen LogP contribution in [0, 0.1) is 5.92 Å². The monoisotopic (exact) mass is 516 g/mol. The minimum atomic E-state index is -3.36. The van der Waals surface area contributed by atoms with Crippen molar-refractivity contribution in [2.75, 3.05) is 26.7 Å². The number of sulfonamides is 1. The van der Waals surface area contributed by atoms with Crippen molar-refractivity contribution in [1.82, 2.24) is 14.9 Å². The largest absolute Gasteiger partial charge is 0.356 e. The summed E-state index contributed by atoms with van der Waals surface area (Å²) in [5.41, 5.74) is 0. The predicted octanol–water partition coefficient (Wildman–Crippen LogP) is 3.15. The van der Waals surface area contributed by atoms with E-state index in [9.17, 15) is 8.42 Å². The van der Waals surface area contributed by atoms with Crippen LogP contribution in [0.4, 0.5) is 0 Å². The molecule has 2 N–H and O–H groups in total. The first-order valence-electron chi connectivity index (χ1n) is 8.82. The van der Waals surface area contributed by atoms with Crippen molar-refractivity contribution in [3.63, 3.8) is 0 Å². The fourth-order valence-corrected chi connectivity index (χ4v) is 5.17. The Morgan fingerprint density at radius 2 is 1.85 bits per heavy atom. The number of hydrogen-bond donors (Lipinski definition) is 2. The van der Waals surface area contributed by atoms with Crippen molar-refractivity contribution < 1.29 is 8.42 Å². The fourth-order valence-electron chi connectivity index (χ4n) is 2.20. The van der Waals surface area contributed by atoms with E-state index in [2.05, 4.69) is 36.4 Å². The van der Waals surface area contributed by atoms with Crippen LogP contribution in [0.5, 0.6) is 0 Å². The van der Waals surface area contributed by atoms with E-state index in [1.807, 2.05) is 19.9 Å². The van der Waals surface area contributed by atoms with E-state index < -0.39 is 10.0 Å². The normalized spacial score (nSPS) is 13.6. The van der Waals surface area contributed by atoms with Gasteiger partial charge in [0.1, 0.15) is 4.21 Å². The van der Waals surface area contributed by atoms with Gasteiger partial charge in [-0.1, -0.05) is 27.7 Å². The average molecular weight is 517 g/mol. The Morgan fingerprint density at radius 3 is 2.35 bits per heavy atom. The van der Waals surface area contributed by atoms with Gasteiger partial charge in [0.05, 0.1) is 0 Å². The van der Waals surface area contributed by atoms with E-state index in [1.54, 1.807) is 13.1 Å². The molecule has 6 nitrogen and oxygen atoms in total. The van der Waals surface area contributed by atoms with Gasteiger partial charge in [0.15, 0.2) is 5.96 Å². The highest BCUT2D eigenvalue weighted by Gasteiger charge is 2.23. The molecule has 1 heterocycles. The molecule has 0 aliphatic rings. The minimum Gasteiger partial charge on any atom is -0.356 e. The molecular weight excluding hydrogens is 483 g/mol. The summed E-state index contributed by atoms with van der Waals surface area (Å²) in [7, 11) is -1.60. The molecule has 1 rings (SSSR count). The minimum absolute atomic E-state index is 0. The summed E-state index contributed by atoms with van der Waals surface area (Å²) in [4.78, 5) is 5.27. The van der Waals surface area contributed by atoms with Gasteiger partial charge in [-0.2, -0.15) is 4.31 Å². The zero-order valence-electron chi connectivity index (χ0n) is 16.6. The molecule has 0 saturated carbocycles. The van der Waals surface area contributed by atoms with Crippen LogP contribution in [0.15, 0.2) is 21.3 Å². The Morgan fingerprint density at radius 1 is 1.23 bits per heavy atom. The van der Waals surface area contributed by atoms with Gasteiger partial charge in [-0.05, 0) is 31.4 Å². The van der Waals surface area contributed by atoms with Gasteiger partial charge in [0.25, 0.3) is 10.0 Å². The topological polar surface area (TPSA) is 73.8 Å². The lowest BCUT2D eigenvalue weighted by atomic mass is 10.1. The van der Waals surface area contributed by atoms with E-state index in [-0.39, 0.29) is 24.0 Å². The van der Waals surface area contributed by atoms with Crippen molar-refractivity contribution in [3.8, 4) is 0 Å². The Bertz CT molecular complexity index is 655. The number of nitrogens with one attached hydrogen (secondary N) is 2. The van der Waals surface area contributed by atoms with Crippen molar-refractivity contribution in [3.05, 3.63) is 17.0 Å². The maximum Gasteiger partial charge on any atom is 0.252 e. The third-order valence-corrected chi connectivity index (χ3v) is 7.85. The first-order chi connectivity index (χ1) is 11.8. The predicted molar refractivity (Wildman–Crippen MR) is 122 cm³/mol. The SMILES string of the molecule is CCN(CC)S(=O)(=O)c1ccc(CCNC(=NC)NC(C)C(C)C)s1.I. The molecule has 1 atom stereocenters. The van der Waals surface area contributed by atoms with Crippen molar-refractivity contribution >= 4 is 51.3 Å². The van der Waals surface area contributed by atoms with Crippen LogP contribution >= 0.6 is 35.3 Å². The smallest absolute Gasteiger partial charge is 0.252 e. The Hall–Kier alpha value is -0.390. The molecule has 0 spiro atoms. The molecule has 0 bridgehead atoms. The summed E-state index contributed by atoms with van der Waals surface area (Å²) in [6.45, 7) is 11.8. The molecule has 1 aromatic heterocycles. The van der Waals surface area contributed by atoms with Crippen LogP contribution in [0.1, 0.15) is 39.5 Å². The molecule has 0 radical (unpaired) electrons. The fraction of sp³-hybridized carbons (Fsp3) is 0.706. The average Bonchev–Trinajstić information content (AvgIpc) is 3.04. The van der Waals surface area contributed by atoms with Crippen LogP contribution in [-0.4, -0.2) is 51.4 Å². The maximum atomic E-state index is 12.5. The number of rotatable bonds is 9. The third-order valence-electron chi connectivity index (χ3n) is 4.19. The van der Waals surface area contributed by atoms with Crippen LogP contribution < -0.4 is 10.6 Å². The first kappa shape index (κ1) is 25.6. The molecule has 0 amide bonds. The van der Waals surface area contributed by atoms with E-state index >= 15 is 0 Å². The van der Waals surface area contributed by atoms with Crippen molar-refractivity contribution in [1.29, 1.82) is 0 Å². The van der Waals surface area contributed by atoms with Gasteiger partial charge >= 0.3 is 0 Å². The Kier molecular flexibility index (Phi) is 12.0. The molecule has 9 heteroatoms. The lowest BCUT2D eigenvalue weighted by molar-refractivity contribution is 0.447. The van der Waals surface area contributed by atoms with Gasteiger partial charge in [-0.15, -0.1) is 35.3 Å². The summed E-state index contributed by atoms with van der Waals surface area (Å²) < 4.78 is 26.9. The highest BCUT2D eigenvalue weighted by atomic mass is 127. The Balaban J connectivity index is 0.00000625. The quantitative estimate of drug-likeness (QED) is 0.301. The summed E-state index contributed by atoms with van der Waals surface area (Å²) in [6.07, 6.45) is 0.759. The van der Waals surface area contributed by atoms with Crippen molar-refractivity contribution in [2.24, 2.45) is 10.9 Å². The van der Waals surface area contributed by atoms with Crippen LogP contribution in [0.3, 0.4) is 0 Å². The highest BCUT2D eigenvalue weighted by Crippen LogP contribution is 2.25. The number of halogens is 1. The molecule has 0 aliphatic carbocycles. The van der Waals surface area contributed by atoms with Gasteiger partial charge < -0.3 is 10.6 Å². The third kappa shape index (κ3) is 7.32. The highest BCUT2D eigenvalue weighted by molar-refractivity contribution is 14.0. The summed E-state index contributed by atoms with van der Waals surface area (Å²) in [5.74, 6) is 1.29. The van der Waals surface area contributed by atoms with Gasteiger partial charge in [0, 0.05) is 37.6 Å². The van der Waals surface area contributed by atoms with E-state index in [1.165, 1.54) is 15.6 Å². The number of hydrogen-bond acceptors (Lipinski definition) is 4. The zero-order valence-corrected chi connectivity index (χ0v) is 20.5. The number of thiophene rings is 1. The Labute approximate surface area is 179 Å². The second-order valence-corrected chi connectivity index (χ2v) is 9.57. The second-order valence-electron chi connectivity index (χ2n) is 6.24. The van der Waals surface area contributed by atoms with E-state index in [4.69, 9.17) is 0 Å². The van der Waals surface area contributed by atoms with Crippen LogP contribution in [-0.2, 0) is 16.4 Å². The molecule has 0 fully saturated rings. The molecule has 0 aliphatic heterocycles. The lowest BCUT2D eigenvalue weighted by Crippen LogP contribution is -2.44. The van der Waals surface area contributed by atoms with Gasteiger partial charge in [0.2, 0.25) is 0 Å². The maximum absolute atomic E-state index is 12.5. The molecule has 1 aromatic rings. The van der Waals surface area contributed by atoms with Crippen molar-refractivity contribution in [2.45, 2.75) is 51.3 Å². The van der Waals surface area contributed by atoms with E-state index in [0.717, 1.165) is 17.3 Å². The number of aliphatic imine (C=N–C) groups is 1. The molecule has 1 unspecified atom stereocenters. The first-order valence-corrected chi connectivity index (χ1v) is 11.1. The second kappa shape index (κ2) is 12.1. The summed E-state index contributed by atoms with van der Waals surface area (Å²) in [5, 5.41) is 6.63. The number of nitrogens with zero attached hydrogens (tertiary/aromatic N) is 2. The standard InChI is InChI=1S/C17H32N4O2S2.HI/c1-7-21(8-2)25(22,23)16-10-9-15(24-16)11-12-19-17(18-6)20-14(5)13(3)4;/h9-10,13-14H,7-8,11-12H2,1-6H3,(H2,18,19,20);1H. The summed E-state index contributed by atoms with van der Waals surface area (Å²) in [6, 6.07) is 3.94. The van der Waals surface area contributed by atoms with Crippen LogP contribution in [0.2, 0.25) is 0 Å². The van der Waals surface area contributed by atoms with E-state index in [0.29, 0.717) is 35.8 Å². The van der Waals surface area contributed by atoms with Crippen LogP contribution in [0.25, 0.3) is 0 Å². The molecule has 0 saturated heterocycles. The molecule has 152 valence electrons. The molecular formula is C17H33IN4O2S2. The van der Waals surface area contributed by atoms with Gasteiger partial charge in [-0.3, -0.25) is 4.99 Å². The van der Waals surface area contributed by atoms with Gasteiger partial charge in [-0.25, -0.2) is 8.42 Å². The summed E-state index contributed by atoms with van der Waals surface area (Å²) >= 11 is 1.35. The zero-order chi connectivity index (χ0) is 19.0. The lowest BCUT2D eigenvalue weighted by Gasteiger charge is -2.20. The number of guanidine groups is 1. The molecule has 0 aromatic carbocycles.